The lowest BCUT2D eigenvalue weighted by molar-refractivity contribution is -0.135. The van der Waals surface area contributed by atoms with Gasteiger partial charge in [-0.25, -0.2) is 4.68 Å². The molecule has 1 saturated heterocycles. The van der Waals surface area contributed by atoms with Crippen molar-refractivity contribution in [3.05, 3.63) is 40.7 Å². The van der Waals surface area contributed by atoms with E-state index in [9.17, 15) is 14.4 Å². The van der Waals surface area contributed by atoms with Crippen LogP contribution in [0.4, 0.5) is 0 Å². The zero-order valence-corrected chi connectivity index (χ0v) is 15.2. The van der Waals surface area contributed by atoms with Crippen molar-refractivity contribution in [1.29, 1.82) is 0 Å². The highest BCUT2D eigenvalue weighted by molar-refractivity contribution is 5.78. The minimum atomic E-state index is -0.357. The summed E-state index contributed by atoms with van der Waals surface area (Å²) in [6.07, 6.45) is 1.08. The number of nitrogens with two attached hydrogens (primary N) is 1. The monoisotopic (exact) mass is 384 g/mol. The fourth-order valence-corrected chi connectivity index (χ4v) is 3.41. The second-order valence-corrected chi connectivity index (χ2v) is 6.84. The molecule has 1 aromatic carbocycles. The number of rotatable bonds is 4. The maximum Gasteiger partial charge on any atom is 0.267 e. The van der Waals surface area contributed by atoms with Crippen molar-refractivity contribution >= 4 is 11.8 Å². The number of carbonyl (C=O) groups is 2. The Balaban J connectivity index is 1.49. The van der Waals surface area contributed by atoms with Gasteiger partial charge in [0.1, 0.15) is 6.54 Å². The van der Waals surface area contributed by atoms with E-state index in [1.165, 1.54) is 6.07 Å². The number of likely N-dealkylation sites (tertiary alicyclic amines) is 1. The first-order chi connectivity index (χ1) is 13.5. The number of aromatic nitrogens is 2. The molecule has 146 valence electrons. The molecule has 9 heteroatoms. The van der Waals surface area contributed by atoms with Gasteiger partial charge in [-0.3, -0.25) is 14.4 Å². The Labute approximate surface area is 160 Å². The van der Waals surface area contributed by atoms with Gasteiger partial charge in [0.05, 0.1) is 5.69 Å². The Bertz CT molecular complexity index is 979. The van der Waals surface area contributed by atoms with Crippen LogP contribution in [-0.2, 0) is 16.1 Å². The standard InChI is InChI=1S/C19H20N4O5/c20-19(26)12-5-7-22(8-6-12)18(25)10-23-17(24)4-2-14(21-23)13-1-3-15-16(9-13)28-11-27-15/h1-4,9,12H,5-8,10-11H2,(H2,20,26). The van der Waals surface area contributed by atoms with Crippen LogP contribution in [0.2, 0.25) is 0 Å². The summed E-state index contributed by atoms with van der Waals surface area (Å²) in [5.74, 6) is 0.540. The molecule has 1 aromatic heterocycles. The summed E-state index contributed by atoms with van der Waals surface area (Å²) in [4.78, 5) is 37.6. The highest BCUT2D eigenvalue weighted by atomic mass is 16.7. The smallest absolute Gasteiger partial charge is 0.267 e. The summed E-state index contributed by atoms with van der Waals surface area (Å²) >= 11 is 0. The van der Waals surface area contributed by atoms with E-state index in [1.807, 2.05) is 6.07 Å². The van der Waals surface area contributed by atoms with Crippen molar-refractivity contribution < 1.29 is 19.1 Å². The maximum atomic E-state index is 12.6. The molecular weight excluding hydrogens is 364 g/mol. The first-order valence-corrected chi connectivity index (χ1v) is 9.06. The fraction of sp³-hybridized carbons (Fsp3) is 0.368. The first-order valence-electron chi connectivity index (χ1n) is 9.06. The molecule has 3 heterocycles. The molecule has 2 aliphatic heterocycles. The molecule has 2 aliphatic rings. The number of amides is 2. The predicted octanol–water partition coefficient (Wildman–Crippen LogP) is 0.363. The van der Waals surface area contributed by atoms with Gasteiger partial charge in [-0.1, -0.05) is 0 Å². The number of nitrogens with zero attached hydrogens (tertiary/aromatic N) is 3. The molecular formula is C19H20N4O5. The van der Waals surface area contributed by atoms with Crippen LogP contribution < -0.4 is 20.8 Å². The highest BCUT2D eigenvalue weighted by Gasteiger charge is 2.26. The van der Waals surface area contributed by atoms with Crippen LogP contribution in [0.3, 0.4) is 0 Å². The first kappa shape index (κ1) is 18.0. The summed E-state index contributed by atoms with van der Waals surface area (Å²) in [5, 5.41) is 4.33. The molecule has 2 amide bonds. The van der Waals surface area contributed by atoms with Gasteiger partial charge in [-0.05, 0) is 37.1 Å². The zero-order chi connectivity index (χ0) is 19.7. The van der Waals surface area contributed by atoms with Crippen LogP contribution in [0, 0.1) is 5.92 Å². The molecule has 0 radical (unpaired) electrons. The summed E-state index contributed by atoms with van der Waals surface area (Å²) < 4.78 is 11.8. The van der Waals surface area contributed by atoms with Gasteiger partial charge >= 0.3 is 0 Å². The van der Waals surface area contributed by atoms with Gasteiger partial charge in [-0.15, -0.1) is 0 Å². The topological polar surface area (TPSA) is 117 Å². The van der Waals surface area contributed by atoms with E-state index in [2.05, 4.69) is 5.10 Å². The minimum Gasteiger partial charge on any atom is -0.454 e. The quantitative estimate of drug-likeness (QED) is 0.814. The lowest BCUT2D eigenvalue weighted by Crippen LogP contribution is -2.44. The summed E-state index contributed by atoms with van der Waals surface area (Å²) in [5.41, 5.74) is 6.28. The molecule has 0 saturated carbocycles. The number of benzene rings is 1. The van der Waals surface area contributed by atoms with Gasteiger partial charge < -0.3 is 20.1 Å². The summed E-state index contributed by atoms with van der Waals surface area (Å²) in [7, 11) is 0. The molecule has 0 bridgehead atoms. The van der Waals surface area contributed by atoms with Gasteiger partial charge in [0.2, 0.25) is 18.6 Å². The largest absolute Gasteiger partial charge is 0.454 e. The normalized spacial score (nSPS) is 16.2. The fourth-order valence-electron chi connectivity index (χ4n) is 3.41. The van der Waals surface area contributed by atoms with Crippen LogP contribution in [0.1, 0.15) is 12.8 Å². The molecule has 4 rings (SSSR count). The number of ether oxygens (including phenoxy) is 2. The molecule has 0 spiro atoms. The van der Waals surface area contributed by atoms with E-state index in [0.29, 0.717) is 43.1 Å². The van der Waals surface area contributed by atoms with E-state index < -0.39 is 0 Å². The number of piperidine rings is 1. The third kappa shape index (κ3) is 3.55. The van der Waals surface area contributed by atoms with Gasteiger partial charge in [0, 0.05) is 30.6 Å². The Morgan fingerprint density at radius 1 is 1.11 bits per heavy atom. The number of fused-ring (bicyclic) bond motifs is 1. The highest BCUT2D eigenvalue weighted by Crippen LogP contribution is 2.35. The average molecular weight is 384 g/mol. The van der Waals surface area contributed by atoms with Crippen molar-refractivity contribution in [2.75, 3.05) is 19.9 Å². The van der Waals surface area contributed by atoms with Gasteiger partial charge in [0.15, 0.2) is 11.5 Å². The molecule has 0 atom stereocenters. The van der Waals surface area contributed by atoms with Crippen LogP contribution in [0.5, 0.6) is 11.5 Å². The molecule has 2 N–H and O–H groups in total. The third-order valence-corrected chi connectivity index (χ3v) is 5.07. The molecule has 0 aliphatic carbocycles. The number of hydrogen-bond acceptors (Lipinski definition) is 6. The van der Waals surface area contributed by atoms with Gasteiger partial charge in [0.25, 0.3) is 5.56 Å². The molecule has 1 fully saturated rings. The number of hydrogen-bond donors (Lipinski definition) is 1. The second kappa shape index (κ2) is 7.34. The maximum absolute atomic E-state index is 12.6. The predicted molar refractivity (Wildman–Crippen MR) is 98.6 cm³/mol. The molecule has 9 nitrogen and oxygen atoms in total. The second-order valence-electron chi connectivity index (χ2n) is 6.84. The molecule has 28 heavy (non-hydrogen) atoms. The van der Waals surface area contributed by atoms with E-state index >= 15 is 0 Å². The molecule has 0 unspecified atom stereocenters. The lowest BCUT2D eigenvalue weighted by Gasteiger charge is -2.30. The zero-order valence-electron chi connectivity index (χ0n) is 15.2. The van der Waals surface area contributed by atoms with Crippen molar-refractivity contribution in [3.8, 4) is 22.8 Å². The molecule has 2 aromatic rings. The average Bonchev–Trinajstić information content (AvgIpc) is 3.17. The Morgan fingerprint density at radius 2 is 1.86 bits per heavy atom. The van der Waals surface area contributed by atoms with E-state index in [-0.39, 0.29) is 36.6 Å². The van der Waals surface area contributed by atoms with Crippen molar-refractivity contribution in [1.82, 2.24) is 14.7 Å². The SMILES string of the molecule is NC(=O)C1CCN(C(=O)Cn2nc(-c3ccc4c(c3)OCO4)ccc2=O)CC1. The van der Waals surface area contributed by atoms with Crippen LogP contribution in [0.15, 0.2) is 35.1 Å². The summed E-state index contributed by atoms with van der Waals surface area (Å²) in [6, 6.07) is 8.39. The van der Waals surface area contributed by atoms with Crippen LogP contribution in [0.25, 0.3) is 11.3 Å². The van der Waals surface area contributed by atoms with Gasteiger partial charge in [-0.2, -0.15) is 5.10 Å². The number of carbonyl (C=O) groups excluding carboxylic acids is 2. The van der Waals surface area contributed by atoms with Crippen molar-refractivity contribution in [3.63, 3.8) is 0 Å². The Hall–Kier alpha value is -3.36. The van der Waals surface area contributed by atoms with Crippen LogP contribution in [-0.4, -0.2) is 46.4 Å². The minimum absolute atomic E-state index is 0.154. The Kier molecular flexibility index (Phi) is 4.72. The Morgan fingerprint density at radius 3 is 2.61 bits per heavy atom. The van der Waals surface area contributed by atoms with Crippen molar-refractivity contribution in [2.24, 2.45) is 11.7 Å². The van der Waals surface area contributed by atoms with Crippen molar-refractivity contribution in [2.45, 2.75) is 19.4 Å². The number of primary amides is 1. The van der Waals surface area contributed by atoms with E-state index in [1.54, 1.807) is 23.1 Å². The third-order valence-electron chi connectivity index (χ3n) is 5.07. The van der Waals surface area contributed by atoms with E-state index in [0.717, 1.165) is 10.2 Å². The van der Waals surface area contributed by atoms with Crippen LogP contribution >= 0.6 is 0 Å². The summed E-state index contributed by atoms with van der Waals surface area (Å²) in [6.45, 7) is 0.914. The lowest BCUT2D eigenvalue weighted by atomic mass is 9.96. The van der Waals surface area contributed by atoms with E-state index in [4.69, 9.17) is 15.2 Å².